The number of hydrogen-bond donors (Lipinski definition) is 0. The van der Waals surface area contributed by atoms with Gasteiger partial charge in [-0.1, -0.05) is 59.2 Å². The van der Waals surface area contributed by atoms with Crippen molar-refractivity contribution in [2.45, 2.75) is 12.7 Å². The van der Waals surface area contributed by atoms with Gasteiger partial charge in [-0.25, -0.2) is 0 Å². The van der Waals surface area contributed by atoms with Crippen molar-refractivity contribution < 1.29 is 14.4 Å². The van der Waals surface area contributed by atoms with Gasteiger partial charge in [0.2, 0.25) is 5.78 Å². The average molecular weight is 352 g/mol. The van der Waals surface area contributed by atoms with Crippen LogP contribution in [-0.4, -0.2) is 18.1 Å². The molecule has 0 amide bonds. The molecule has 0 saturated heterocycles. The van der Waals surface area contributed by atoms with E-state index in [1.807, 2.05) is 48.5 Å². The van der Waals surface area contributed by atoms with E-state index in [4.69, 9.17) is 21.2 Å². The van der Waals surface area contributed by atoms with Gasteiger partial charge in [0.05, 0.1) is 11.8 Å². The topological polar surface area (TPSA) is 47.9 Å². The molecular formula is C20H14ClNO3. The highest BCUT2D eigenvalue weighted by atomic mass is 35.5. The van der Waals surface area contributed by atoms with E-state index in [-0.39, 0.29) is 5.78 Å². The van der Waals surface area contributed by atoms with Gasteiger partial charge in [-0.2, -0.15) is 0 Å². The molecule has 5 heteroatoms. The number of benzene rings is 3. The maximum Gasteiger partial charge on any atom is 0.213 e. The minimum absolute atomic E-state index is 0.106. The first-order valence-electron chi connectivity index (χ1n) is 7.85. The molecule has 1 aliphatic heterocycles. The summed E-state index contributed by atoms with van der Waals surface area (Å²) in [6.45, 7) is 0.296. The van der Waals surface area contributed by atoms with Crippen molar-refractivity contribution >= 4 is 34.4 Å². The molecule has 1 atom stereocenters. The third-order valence-electron chi connectivity index (χ3n) is 4.06. The molecule has 1 aliphatic rings. The van der Waals surface area contributed by atoms with Crippen LogP contribution in [0.25, 0.3) is 10.8 Å². The summed E-state index contributed by atoms with van der Waals surface area (Å²) >= 11 is 5.84. The van der Waals surface area contributed by atoms with Crippen molar-refractivity contribution in [2.24, 2.45) is 5.16 Å². The number of halogens is 1. The van der Waals surface area contributed by atoms with E-state index in [1.165, 1.54) is 6.21 Å². The van der Waals surface area contributed by atoms with Crippen LogP contribution in [0.15, 0.2) is 65.8 Å². The molecule has 3 aromatic rings. The van der Waals surface area contributed by atoms with Crippen molar-refractivity contribution in [2.75, 3.05) is 0 Å². The number of fused-ring (bicyclic) bond motifs is 3. The fourth-order valence-electron chi connectivity index (χ4n) is 2.83. The van der Waals surface area contributed by atoms with Gasteiger partial charge in [-0.05, 0) is 34.5 Å². The monoisotopic (exact) mass is 351 g/mol. The molecule has 3 aromatic carbocycles. The summed E-state index contributed by atoms with van der Waals surface area (Å²) in [5.41, 5.74) is 1.54. The Labute approximate surface area is 149 Å². The number of carbonyl (C=O) groups is 1. The molecule has 0 fully saturated rings. The Morgan fingerprint density at radius 1 is 1.08 bits per heavy atom. The third kappa shape index (κ3) is 3.08. The highest BCUT2D eigenvalue weighted by molar-refractivity contribution is 6.30. The SMILES string of the molecule is O=C1c2c(ccc3ccccc23)O[C@H]1/C=N/OCc1ccc(Cl)cc1. The Bertz CT molecular complexity index is 966. The second-order valence-electron chi connectivity index (χ2n) is 5.72. The highest BCUT2D eigenvalue weighted by Crippen LogP contribution is 2.34. The van der Waals surface area contributed by atoms with Gasteiger partial charge < -0.3 is 9.57 Å². The number of hydrogen-bond acceptors (Lipinski definition) is 4. The van der Waals surface area contributed by atoms with Crippen molar-refractivity contribution in [1.29, 1.82) is 0 Å². The molecule has 0 radical (unpaired) electrons. The first-order chi connectivity index (χ1) is 12.2. The first-order valence-corrected chi connectivity index (χ1v) is 8.23. The molecule has 4 nitrogen and oxygen atoms in total. The Morgan fingerprint density at radius 2 is 1.88 bits per heavy atom. The molecule has 0 unspecified atom stereocenters. The van der Waals surface area contributed by atoms with Crippen LogP contribution in [0, 0.1) is 0 Å². The van der Waals surface area contributed by atoms with E-state index >= 15 is 0 Å². The van der Waals surface area contributed by atoms with Crippen LogP contribution in [0.3, 0.4) is 0 Å². The lowest BCUT2D eigenvalue weighted by Gasteiger charge is -2.03. The summed E-state index contributed by atoms with van der Waals surface area (Å²) < 4.78 is 5.70. The number of rotatable bonds is 4. The van der Waals surface area contributed by atoms with Gasteiger partial charge in [0.15, 0.2) is 6.10 Å². The minimum atomic E-state index is -0.758. The summed E-state index contributed by atoms with van der Waals surface area (Å²) in [6.07, 6.45) is 0.638. The number of Topliss-reactive ketones (excluding diaryl/α,β-unsaturated/α-hetero) is 1. The van der Waals surface area contributed by atoms with E-state index in [9.17, 15) is 4.79 Å². The highest BCUT2D eigenvalue weighted by Gasteiger charge is 2.32. The van der Waals surface area contributed by atoms with Crippen molar-refractivity contribution in [3.63, 3.8) is 0 Å². The fraction of sp³-hybridized carbons (Fsp3) is 0.100. The average Bonchev–Trinajstić information content (AvgIpc) is 2.97. The van der Waals surface area contributed by atoms with E-state index in [0.29, 0.717) is 22.9 Å². The van der Waals surface area contributed by atoms with E-state index in [2.05, 4.69) is 5.16 Å². The fourth-order valence-corrected chi connectivity index (χ4v) is 2.95. The number of ether oxygens (including phenoxy) is 1. The molecule has 0 aromatic heterocycles. The zero-order chi connectivity index (χ0) is 17.2. The van der Waals surface area contributed by atoms with Gasteiger partial charge in [0.1, 0.15) is 12.4 Å². The molecule has 0 aliphatic carbocycles. The molecule has 4 rings (SSSR count). The second-order valence-corrected chi connectivity index (χ2v) is 6.15. The van der Waals surface area contributed by atoms with Crippen LogP contribution in [0.2, 0.25) is 5.02 Å². The lowest BCUT2D eigenvalue weighted by atomic mass is 10.0. The number of carbonyl (C=O) groups excluding carboxylic acids is 1. The Morgan fingerprint density at radius 3 is 2.72 bits per heavy atom. The van der Waals surface area contributed by atoms with E-state index < -0.39 is 6.10 Å². The molecular weight excluding hydrogens is 338 g/mol. The zero-order valence-electron chi connectivity index (χ0n) is 13.2. The van der Waals surface area contributed by atoms with Crippen LogP contribution in [-0.2, 0) is 11.4 Å². The summed E-state index contributed by atoms with van der Waals surface area (Å²) in [7, 11) is 0. The van der Waals surface area contributed by atoms with Gasteiger partial charge in [-0.3, -0.25) is 4.79 Å². The Hall–Kier alpha value is -2.85. The summed E-state index contributed by atoms with van der Waals surface area (Å²) in [5.74, 6) is 0.475. The third-order valence-corrected chi connectivity index (χ3v) is 4.32. The van der Waals surface area contributed by atoms with Crippen LogP contribution in [0.4, 0.5) is 0 Å². The maximum absolute atomic E-state index is 12.6. The predicted octanol–water partition coefficient (Wildman–Crippen LogP) is 4.64. The Kier molecular flexibility index (Phi) is 4.12. The maximum atomic E-state index is 12.6. The number of ketones is 1. The smallest absolute Gasteiger partial charge is 0.213 e. The second kappa shape index (κ2) is 6.57. The van der Waals surface area contributed by atoms with Crippen molar-refractivity contribution in [1.82, 2.24) is 0 Å². The normalized spacial score (nSPS) is 16.2. The minimum Gasteiger partial charge on any atom is -0.476 e. The number of nitrogens with zero attached hydrogens (tertiary/aromatic N) is 1. The molecule has 0 bridgehead atoms. The first kappa shape index (κ1) is 15.7. The molecule has 0 saturated carbocycles. The molecule has 0 spiro atoms. The van der Waals surface area contributed by atoms with E-state index in [0.717, 1.165) is 16.3 Å². The molecule has 124 valence electrons. The predicted molar refractivity (Wildman–Crippen MR) is 97.4 cm³/mol. The van der Waals surface area contributed by atoms with Gasteiger partial charge in [0, 0.05) is 5.02 Å². The quantitative estimate of drug-likeness (QED) is 0.508. The lowest BCUT2D eigenvalue weighted by Crippen LogP contribution is -2.22. The van der Waals surface area contributed by atoms with E-state index in [1.54, 1.807) is 12.1 Å². The van der Waals surface area contributed by atoms with Gasteiger partial charge in [-0.15, -0.1) is 0 Å². The van der Waals surface area contributed by atoms with Gasteiger partial charge in [0.25, 0.3) is 0 Å². The van der Waals surface area contributed by atoms with Crippen LogP contribution < -0.4 is 4.74 Å². The van der Waals surface area contributed by atoms with Crippen molar-refractivity contribution in [3.05, 3.63) is 76.8 Å². The summed E-state index contributed by atoms with van der Waals surface area (Å²) in [6, 6.07) is 18.8. The van der Waals surface area contributed by atoms with Crippen LogP contribution in [0.5, 0.6) is 5.75 Å². The molecule has 1 heterocycles. The van der Waals surface area contributed by atoms with Crippen LogP contribution in [0.1, 0.15) is 15.9 Å². The molecule has 0 N–H and O–H groups in total. The van der Waals surface area contributed by atoms with Crippen LogP contribution >= 0.6 is 11.6 Å². The lowest BCUT2D eigenvalue weighted by molar-refractivity contribution is 0.0912. The zero-order valence-corrected chi connectivity index (χ0v) is 13.9. The summed E-state index contributed by atoms with van der Waals surface area (Å²) in [5, 5.41) is 6.45. The standard InChI is InChI=1S/C20H14ClNO3/c21-15-8-5-13(6-9-15)12-24-22-11-18-20(23)19-16-4-2-1-3-14(16)7-10-17(19)25-18/h1-11,18H,12H2/b22-11+/t18-/m0/s1. The van der Waals surface area contributed by atoms with Gasteiger partial charge >= 0.3 is 0 Å². The number of oxime groups is 1. The Balaban J connectivity index is 1.46. The van der Waals surface area contributed by atoms with Crippen molar-refractivity contribution in [3.8, 4) is 5.75 Å². The largest absolute Gasteiger partial charge is 0.476 e. The molecule has 25 heavy (non-hydrogen) atoms. The summed E-state index contributed by atoms with van der Waals surface area (Å²) in [4.78, 5) is 17.9.